The number of thiophene rings is 1. The molecule has 3 heterocycles. The molecule has 0 aliphatic carbocycles. The van der Waals surface area contributed by atoms with E-state index in [1.165, 1.54) is 18.3 Å². The van der Waals surface area contributed by atoms with Gasteiger partial charge in [-0.05, 0) is 46.2 Å². The number of anilines is 1. The van der Waals surface area contributed by atoms with Crippen molar-refractivity contribution < 1.29 is 9.18 Å². The lowest BCUT2D eigenvalue weighted by Gasteiger charge is -2.24. The maximum atomic E-state index is 13.7. The Bertz CT molecular complexity index is 1040. The molecule has 0 aromatic carbocycles. The minimum Gasteiger partial charge on any atom is -0.350 e. The number of halogens is 1. The number of carbonyl (C=O) groups is 1. The lowest BCUT2D eigenvalue weighted by Crippen LogP contribution is -2.45. The van der Waals surface area contributed by atoms with Crippen molar-refractivity contribution in [3.8, 4) is 11.5 Å². The minimum absolute atomic E-state index is 0.100. The maximum absolute atomic E-state index is 13.7. The van der Waals surface area contributed by atoms with Gasteiger partial charge in [0.1, 0.15) is 22.2 Å². The number of likely N-dealkylation sites (N-methyl/N-ethyl adjacent to an activating group) is 1. The van der Waals surface area contributed by atoms with Crippen molar-refractivity contribution in [2.75, 3.05) is 18.5 Å². The Hall–Kier alpha value is -2.61. The van der Waals surface area contributed by atoms with Crippen LogP contribution in [-0.2, 0) is 4.79 Å². The molecular weight excluding hydrogens is 377 g/mol. The smallest absolute Gasteiger partial charge is 0.239 e. The molecule has 0 atom stereocenters. The molecule has 3 rings (SSSR count). The van der Waals surface area contributed by atoms with Crippen molar-refractivity contribution in [1.82, 2.24) is 20.3 Å². The quantitative estimate of drug-likeness (QED) is 0.719. The Labute approximate surface area is 167 Å². The van der Waals surface area contributed by atoms with E-state index in [0.717, 1.165) is 20.7 Å². The third kappa shape index (κ3) is 4.27. The van der Waals surface area contributed by atoms with Crippen LogP contribution in [0.2, 0.25) is 0 Å². The maximum Gasteiger partial charge on any atom is 0.239 e. The zero-order valence-corrected chi connectivity index (χ0v) is 17.7. The van der Waals surface area contributed by atoms with E-state index in [4.69, 9.17) is 0 Å². The van der Waals surface area contributed by atoms with Crippen LogP contribution in [0, 0.1) is 19.7 Å². The van der Waals surface area contributed by atoms with Crippen molar-refractivity contribution in [2.45, 2.75) is 40.2 Å². The number of rotatable bonds is 4. The molecule has 28 heavy (non-hydrogen) atoms. The number of fused-ring (bicyclic) bond motifs is 1. The zero-order chi connectivity index (χ0) is 20.6. The highest BCUT2D eigenvalue weighted by Gasteiger charge is 2.21. The number of aryl methyl sites for hydroxylation is 2. The largest absolute Gasteiger partial charge is 0.350 e. The molecule has 3 aromatic rings. The molecule has 0 spiro atoms. The molecule has 3 aromatic heterocycles. The average molecular weight is 402 g/mol. The molecule has 6 nitrogen and oxygen atoms in total. The lowest BCUT2D eigenvalue weighted by molar-refractivity contribution is -0.121. The molecular formula is C20H24FN5OS. The van der Waals surface area contributed by atoms with E-state index in [9.17, 15) is 9.18 Å². The first-order valence-electron chi connectivity index (χ1n) is 8.97. The van der Waals surface area contributed by atoms with Gasteiger partial charge in [-0.25, -0.2) is 14.4 Å². The molecule has 0 unspecified atom stereocenters. The number of hydrogen-bond acceptors (Lipinski definition) is 6. The van der Waals surface area contributed by atoms with Gasteiger partial charge in [-0.15, -0.1) is 11.3 Å². The fourth-order valence-corrected chi connectivity index (χ4v) is 3.92. The van der Waals surface area contributed by atoms with E-state index in [-0.39, 0.29) is 18.0 Å². The summed E-state index contributed by atoms with van der Waals surface area (Å²) in [5.74, 6) is 0.479. The van der Waals surface area contributed by atoms with Gasteiger partial charge in [0, 0.05) is 29.7 Å². The summed E-state index contributed by atoms with van der Waals surface area (Å²) >= 11 is 1.55. The average Bonchev–Trinajstić information content (AvgIpc) is 2.86. The van der Waals surface area contributed by atoms with Crippen LogP contribution in [0.25, 0.3) is 21.7 Å². The third-order valence-electron chi connectivity index (χ3n) is 4.22. The minimum atomic E-state index is -0.397. The first-order valence-corrected chi connectivity index (χ1v) is 9.78. The van der Waals surface area contributed by atoms with Crippen LogP contribution < -0.4 is 10.2 Å². The van der Waals surface area contributed by atoms with E-state index in [2.05, 4.69) is 20.3 Å². The predicted octanol–water partition coefficient (Wildman–Crippen LogP) is 3.86. The fourth-order valence-electron chi connectivity index (χ4n) is 2.89. The third-order valence-corrected chi connectivity index (χ3v) is 5.32. The summed E-state index contributed by atoms with van der Waals surface area (Å²) in [6, 6.07) is 2.59. The summed E-state index contributed by atoms with van der Waals surface area (Å²) in [5.41, 5.74) is 1.13. The van der Waals surface area contributed by atoms with Crippen molar-refractivity contribution in [1.29, 1.82) is 0 Å². The summed E-state index contributed by atoms with van der Waals surface area (Å²) < 4.78 is 13.7. The van der Waals surface area contributed by atoms with Crippen LogP contribution in [-0.4, -0.2) is 40.0 Å². The second-order valence-corrected chi connectivity index (χ2v) is 9.05. The van der Waals surface area contributed by atoms with Crippen molar-refractivity contribution in [2.24, 2.45) is 0 Å². The van der Waals surface area contributed by atoms with Gasteiger partial charge in [0.2, 0.25) is 5.91 Å². The monoisotopic (exact) mass is 401 g/mol. The molecule has 0 radical (unpaired) electrons. The summed E-state index contributed by atoms with van der Waals surface area (Å²) in [7, 11) is 1.82. The molecule has 148 valence electrons. The van der Waals surface area contributed by atoms with Crippen molar-refractivity contribution in [3.05, 3.63) is 34.6 Å². The predicted molar refractivity (Wildman–Crippen MR) is 111 cm³/mol. The molecule has 1 amide bonds. The number of pyridine rings is 1. The van der Waals surface area contributed by atoms with E-state index in [0.29, 0.717) is 17.3 Å². The van der Waals surface area contributed by atoms with E-state index in [1.807, 2.05) is 41.7 Å². The Morgan fingerprint density at radius 1 is 1.29 bits per heavy atom. The van der Waals surface area contributed by atoms with Gasteiger partial charge < -0.3 is 10.2 Å². The van der Waals surface area contributed by atoms with Crippen LogP contribution in [0.3, 0.4) is 0 Å². The first-order chi connectivity index (χ1) is 13.0. The van der Waals surface area contributed by atoms with Crippen LogP contribution in [0.5, 0.6) is 0 Å². The second-order valence-electron chi connectivity index (χ2n) is 7.85. The summed E-state index contributed by atoms with van der Waals surface area (Å²) in [4.78, 5) is 29.6. The number of nitrogens with zero attached hydrogens (tertiary/aromatic N) is 4. The molecule has 8 heteroatoms. The van der Waals surface area contributed by atoms with Crippen molar-refractivity contribution >= 4 is 33.3 Å². The Balaban J connectivity index is 2.07. The number of aromatic nitrogens is 3. The SMILES string of the molecule is Cc1sc2nc(-c3cc(F)ccn3)nc(N(C)CC(=O)NC(C)(C)C)c2c1C. The number of carbonyl (C=O) groups excluding carboxylic acids is 1. The summed E-state index contributed by atoms with van der Waals surface area (Å²) in [6.45, 7) is 10.0. The molecule has 0 fully saturated rings. The van der Waals surface area contributed by atoms with E-state index < -0.39 is 5.82 Å². The van der Waals surface area contributed by atoms with Gasteiger partial charge in [-0.2, -0.15) is 0 Å². The highest BCUT2D eigenvalue weighted by Crippen LogP contribution is 2.36. The number of nitrogens with one attached hydrogen (secondary N) is 1. The highest BCUT2D eigenvalue weighted by molar-refractivity contribution is 7.18. The Morgan fingerprint density at radius 3 is 2.64 bits per heavy atom. The Morgan fingerprint density at radius 2 is 2.00 bits per heavy atom. The summed E-state index contributed by atoms with van der Waals surface area (Å²) in [5, 5.41) is 3.87. The molecule has 0 bridgehead atoms. The van der Waals surface area contributed by atoms with Gasteiger partial charge in [-0.1, -0.05) is 0 Å². The van der Waals surface area contributed by atoms with Gasteiger partial charge in [0.25, 0.3) is 0 Å². The molecule has 0 saturated carbocycles. The van der Waals surface area contributed by atoms with Gasteiger partial charge >= 0.3 is 0 Å². The van der Waals surface area contributed by atoms with Crippen molar-refractivity contribution in [3.63, 3.8) is 0 Å². The van der Waals surface area contributed by atoms with E-state index >= 15 is 0 Å². The Kier molecular flexibility index (Phi) is 5.34. The number of hydrogen-bond donors (Lipinski definition) is 1. The summed E-state index contributed by atoms with van der Waals surface area (Å²) in [6.07, 6.45) is 1.39. The van der Waals surface area contributed by atoms with Crippen LogP contribution in [0.4, 0.5) is 10.2 Å². The standard InChI is InChI=1S/C20H24FN5OS/c1-11-12(2)28-19-16(11)18(26(6)10-15(27)25-20(3,4)5)23-17(24-19)14-9-13(21)7-8-22-14/h7-9H,10H2,1-6H3,(H,25,27). The normalized spacial score (nSPS) is 11.7. The molecule has 0 aliphatic rings. The highest BCUT2D eigenvalue weighted by atomic mass is 32.1. The first kappa shape index (κ1) is 20.1. The molecule has 0 aliphatic heterocycles. The van der Waals surface area contributed by atoms with Gasteiger partial charge in [0.15, 0.2) is 5.82 Å². The lowest BCUT2D eigenvalue weighted by atomic mass is 10.1. The molecule has 0 saturated heterocycles. The van der Waals surface area contributed by atoms with Crippen LogP contribution in [0.1, 0.15) is 31.2 Å². The topological polar surface area (TPSA) is 71.0 Å². The van der Waals surface area contributed by atoms with E-state index in [1.54, 1.807) is 16.2 Å². The zero-order valence-electron chi connectivity index (χ0n) is 16.9. The molecule has 1 N–H and O–H groups in total. The number of amides is 1. The second kappa shape index (κ2) is 7.43. The fraction of sp³-hybridized carbons (Fsp3) is 0.400. The van der Waals surface area contributed by atoms with Gasteiger partial charge in [0.05, 0.1) is 11.9 Å². The van der Waals surface area contributed by atoms with Crippen LogP contribution >= 0.6 is 11.3 Å². The van der Waals surface area contributed by atoms with Crippen LogP contribution in [0.15, 0.2) is 18.3 Å². The van der Waals surface area contributed by atoms with Gasteiger partial charge in [-0.3, -0.25) is 9.78 Å².